The van der Waals surface area contributed by atoms with Crippen LogP contribution in [0.1, 0.15) is 11.6 Å². The summed E-state index contributed by atoms with van der Waals surface area (Å²) in [6, 6.07) is 3.43. The molecular weight excluding hydrogens is 312 g/mol. The van der Waals surface area contributed by atoms with Gasteiger partial charge in [0.1, 0.15) is 6.04 Å². The van der Waals surface area contributed by atoms with E-state index in [-0.39, 0.29) is 29.6 Å². The third-order valence-corrected chi connectivity index (χ3v) is 4.45. The number of hydrogen-bond donors (Lipinski definition) is 2. The Morgan fingerprint density at radius 1 is 1.48 bits per heavy atom. The number of piperazine rings is 1. The van der Waals surface area contributed by atoms with Gasteiger partial charge in [0.2, 0.25) is 5.91 Å². The maximum Gasteiger partial charge on any atom is 0.279 e. The molecule has 1 aromatic heterocycles. The average molecular weight is 329 g/mol. The molecule has 0 aromatic carbocycles. The predicted octanol–water partition coefficient (Wildman–Crippen LogP) is 0.801. The molecule has 2 amide bonds. The molecule has 3 heterocycles. The van der Waals surface area contributed by atoms with E-state index >= 15 is 0 Å². The van der Waals surface area contributed by atoms with E-state index in [0.29, 0.717) is 18.8 Å². The second-order valence-corrected chi connectivity index (χ2v) is 5.83. The van der Waals surface area contributed by atoms with E-state index in [4.69, 9.17) is 0 Å². The molecule has 3 rings (SSSR count). The monoisotopic (exact) mass is 328 g/mol. The first kappa shape index (κ1) is 16.1. The second-order valence-electron chi connectivity index (χ2n) is 4.83. The number of carbonyl (C=O) groups is 2. The summed E-state index contributed by atoms with van der Waals surface area (Å²) in [4.78, 5) is 29.8. The van der Waals surface area contributed by atoms with Gasteiger partial charge in [0.15, 0.2) is 0 Å². The number of amides is 2. The van der Waals surface area contributed by atoms with E-state index in [0.717, 1.165) is 12.1 Å². The van der Waals surface area contributed by atoms with Crippen molar-refractivity contribution in [2.75, 3.05) is 25.4 Å². The number of hydrogen-bond acceptors (Lipinski definition) is 5. The van der Waals surface area contributed by atoms with Crippen molar-refractivity contribution in [2.24, 2.45) is 0 Å². The van der Waals surface area contributed by atoms with Crippen LogP contribution < -0.4 is 10.6 Å². The topological polar surface area (TPSA) is 74.3 Å². The zero-order valence-corrected chi connectivity index (χ0v) is 13.0. The van der Waals surface area contributed by atoms with E-state index in [9.17, 15) is 9.59 Å². The molecule has 0 spiro atoms. The van der Waals surface area contributed by atoms with Gasteiger partial charge in [-0.15, -0.1) is 12.4 Å². The minimum Gasteiger partial charge on any atom is -0.334 e. The van der Waals surface area contributed by atoms with Crippen LogP contribution in [0.25, 0.3) is 0 Å². The Hall–Kier alpha value is -1.31. The number of carbonyl (C=O) groups excluding carboxylic acids is 2. The third kappa shape index (κ3) is 3.48. The molecule has 0 aliphatic carbocycles. The molecule has 1 aromatic rings. The summed E-state index contributed by atoms with van der Waals surface area (Å²) in [5.74, 6) is 0.514. The maximum absolute atomic E-state index is 12.6. The molecule has 2 N–H and O–H groups in total. The summed E-state index contributed by atoms with van der Waals surface area (Å²) < 4.78 is 0. The SMILES string of the molecule is Cl.O=C1N[C@H](C(=O)N2CCNCC2c2cccnc2)CS1. The van der Waals surface area contributed by atoms with Gasteiger partial charge in [-0.25, -0.2) is 0 Å². The Balaban J connectivity index is 0.00000161. The molecule has 6 nitrogen and oxygen atoms in total. The standard InChI is InChI=1S/C13H16N4O2S.ClH/c18-12(10-8-20-13(19)16-10)17-5-4-15-7-11(17)9-2-1-3-14-6-9;/h1-3,6,10-11,15H,4-5,7-8H2,(H,16,19);1H/t10-,11?;/m0./s1. The van der Waals surface area contributed by atoms with Crippen molar-refractivity contribution in [3.8, 4) is 0 Å². The smallest absolute Gasteiger partial charge is 0.279 e. The lowest BCUT2D eigenvalue weighted by molar-refractivity contribution is -0.135. The average Bonchev–Trinajstić information content (AvgIpc) is 2.94. The Morgan fingerprint density at radius 2 is 2.33 bits per heavy atom. The van der Waals surface area contributed by atoms with Crippen LogP contribution in [-0.2, 0) is 4.79 Å². The first-order valence-corrected chi connectivity index (χ1v) is 7.58. The molecular formula is C13H17ClN4O2S. The van der Waals surface area contributed by atoms with Crippen LogP contribution in [0.2, 0.25) is 0 Å². The molecule has 0 saturated carbocycles. The summed E-state index contributed by atoms with van der Waals surface area (Å²) >= 11 is 1.17. The van der Waals surface area contributed by atoms with Crippen LogP contribution in [0.15, 0.2) is 24.5 Å². The van der Waals surface area contributed by atoms with Crippen LogP contribution in [0.5, 0.6) is 0 Å². The summed E-state index contributed by atoms with van der Waals surface area (Å²) in [6.45, 7) is 2.14. The fraction of sp³-hybridized carbons (Fsp3) is 0.462. The lowest BCUT2D eigenvalue weighted by atomic mass is 10.0. The van der Waals surface area contributed by atoms with Crippen molar-refractivity contribution in [1.29, 1.82) is 0 Å². The minimum absolute atomic E-state index is 0. The van der Waals surface area contributed by atoms with Gasteiger partial charge in [-0.3, -0.25) is 14.6 Å². The molecule has 0 bridgehead atoms. The highest BCUT2D eigenvalue weighted by Crippen LogP contribution is 2.24. The number of pyridine rings is 1. The quantitative estimate of drug-likeness (QED) is 0.840. The van der Waals surface area contributed by atoms with Crippen LogP contribution >= 0.6 is 24.2 Å². The molecule has 2 aliphatic heterocycles. The van der Waals surface area contributed by atoms with Gasteiger partial charge in [-0.2, -0.15) is 0 Å². The van der Waals surface area contributed by atoms with Crippen molar-refractivity contribution in [3.63, 3.8) is 0 Å². The van der Waals surface area contributed by atoms with E-state index in [1.54, 1.807) is 12.4 Å². The van der Waals surface area contributed by atoms with Gasteiger partial charge in [-0.1, -0.05) is 17.8 Å². The molecule has 2 saturated heterocycles. The highest BCUT2D eigenvalue weighted by molar-refractivity contribution is 8.14. The molecule has 1 unspecified atom stereocenters. The fourth-order valence-corrected chi connectivity index (χ4v) is 3.33. The summed E-state index contributed by atoms with van der Waals surface area (Å²) in [7, 11) is 0. The van der Waals surface area contributed by atoms with E-state index in [2.05, 4.69) is 15.6 Å². The number of nitrogens with one attached hydrogen (secondary N) is 2. The Bertz CT molecular complexity index is 516. The van der Waals surface area contributed by atoms with E-state index in [1.807, 2.05) is 17.0 Å². The maximum atomic E-state index is 12.6. The number of nitrogens with zero attached hydrogens (tertiary/aromatic N) is 2. The number of rotatable bonds is 2. The molecule has 114 valence electrons. The van der Waals surface area contributed by atoms with E-state index in [1.165, 1.54) is 11.8 Å². The van der Waals surface area contributed by atoms with Gasteiger partial charge in [-0.05, 0) is 11.6 Å². The highest BCUT2D eigenvalue weighted by Gasteiger charge is 2.36. The van der Waals surface area contributed by atoms with Gasteiger partial charge in [0, 0.05) is 37.8 Å². The normalized spacial score (nSPS) is 25.1. The fourth-order valence-electron chi connectivity index (χ4n) is 2.56. The molecule has 21 heavy (non-hydrogen) atoms. The number of thioether (sulfide) groups is 1. The predicted molar refractivity (Wildman–Crippen MR) is 83.6 cm³/mol. The van der Waals surface area contributed by atoms with Crippen molar-refractivity contribution >= 4 is 35.3 Å². The Labute approximate surface area is 133 Å². The van der Waals surface area contributed by atoms with Gasteiger partial charge in [0.05, 0.1) is 6.04 Å². The summed E-state index contributed by atoms with van der Waals surface area (Å²) in [5.41, 5.74) is 1.02. The Morgan fingerprint density at radius 3 is 3.00 bits per heavy atom. The Kier molecular flexibility index (Phi) is 5.44. The largest absolute Gasteiger partial charge is 0.334 e. The van der Waals surface area contributed by atoms with Crippen LogP contribution in [0.4, 0.5) is 4.79 Å². The molecule has 0 radical (unpaired) electrons. The first-order chi connectivity index (χ1) is 9.75. The van der Waals surface area contributed by atoms with Crippen LogP contribution in [-0.4, -0.2) is 52.5 Å². The van der Waals surface area contributed by atoms with Crippen molar-refractivity contribution in [3.05, 3.63) is 30.1 Å². The number of halogens is 1. The van der Waals surface area contributed by atoms with Gasteiger partial charge >= 0.3 is 0 Å². The lowest BCUT2D eigenvalue weighted by Gasteiger charge is -2.37. The van der Waals surface area contributed by atoms with Crippen molar-refractivity contribution in [2.45, 2.75) is 12.1 Å². The molecule has 8 heteroatoms. The third-order valence-electron chi connectivity index (χ3n) is 3.57. The lowest BCUT2D eigenvalue weighted by Crippen LogP contribution is -2.54. The van der Waals surface area contributed by atoms with Crippen molar-refractivity contribution in [1.82, 2.24) is 20.5 Å². The highest BCUT2D eigenvalue weighted by atomic mass is 35.5. The van der Waals surface area contributed by atoms with Crippen LogP contribution in [0.3, 0.4) is 0 Å². The molecule has 2 aliphatic rings. The first-order valence-electron chi connectivity index (χ1n) is 6.60. The molecule has 2 fully saturated rings. The minimum atomic E-state index is -0.398. The second kappa shape index (κ2) is 7.11. The van der Waals surface area contributed by atoms with Gasteiger partial charge in [0.25, 0.3) is 5.24 Å². The zero-order chi connectivity index (χ0) is 13.9. The van der Waals surface area contributed by atoms with Crippen LogP contribution in [0, 0.1) is 0 Å². The van der Waals surface area contributed by atoms with E-state index < -0.39 is 6.04 Å². The summed E-state index contributed by atoms with van der Waals surface area (Å²) in [5, 5.41) is 5.91. The van der Waals surface area contributed by atoms with Crippen molar-refractivity contribution < 1.29 is 9.59 Å². The zero-order valence-electron chi connectivity index (χ0n) is 11.3. The number of aromatic nitrogens is 1. The van der Waals surface area contributed by atoms with Gasteiger partial charge < -0.3 is 15.5 Å². The molecule has 2 atom stereocenters. The summed E-state index contributed by atoms with van der Waals surface area (Å²) in [6.07, 6.45) is 3.51.